The lowest BCUT2D eigenvalue weighted by atomic mass is 10.1. The largest absolute Gasteiger partial charge is 0.450 e. The summed E-state index contributed by atoms with van der Waals surface area (Å²) in [5.41, 5.74) is 15.6. The van der Waals surface area contributed by atoms with Gasteiger partial charge in [0.25, 0.3) is 0 Å². The number of nitrogens with zero attached hydrogens (tertiary/aromatic N) is 1. The Morgan fingerprint density at radius 2 is 1.94 bits per heavy atom. The zero-order valence-electron chi connectivity index (χ0n) is 10.7. The van der Waals surface area contributed by atoms with Crippen LogP contribution in [0, 0.1) is 5.92 Å². The van der Waals surface area contributed by atoms with E-state index in [9.17, 15) is 4.79 Å². The van der Waals surface area contributed by atoms with E-state index in [0.29, 0.717) is 19.4 Å². The monoisotopic (exact) mass is 298 g/mol. The minimum absolute atomic E-state index is 0. The van der Waals surface area contributed by atoms with Gasteiger partial charge in [-0.15, -0.1) is 25.0 Å². The number of hydrogen-bond acceptors (Lipinski definition) is 5. The van der Waals surface area contributed by atoms with Crippen molar-refractivity contribution in [2.45, 2.75) is 38.2 Å². The van der Waals surface area contributed by atoms with Crippen LogP contribution in [-0.2, 0) is 9.53 Å². The molecule has 8 heteroatoms. The number of esters is 1. The highest BCUT2D eigenvalue weighted by molar-refractivity contribution is 7.80. The Balaban J connectivity index is 0. The van der Waals surface area contributed by atoms with Gasteiger partial charge >= 0.3 is 5.97 Å². The number of nitrogens with two attached hydrogens (primary N) is 3. The van der Waals surface area contributed by atoms with Gasteiger partial charge in [-0.2, -0.15) is 0 Å². The molecule has 0 fully saturated rings. The maximum absolute atomic E-state index is 11.5. The first-order valence-electron chi connectivity index (χ1n) is 5.54. The van der Waals surface area contributed by atoms with Gasteiger partial charge < -0.3 is 21.9 Å². The smallest absolute Gasteiger partial charge is 0.324 e. The van der Waals surface area contributed by atoms with Gasteiger partial charge in [-0.1, -0.05) is 13.8 Å². The maximum atomic E-state index is 11.5. The molecule has 0 aliphatic heterocycles. The van der Waals surface area contributed by atoms with E-state index in [1.165, 1.54) is 0 Å². The van der Waals surface area contributed by atoms with E-state index in [-0.39, 0.29) is 24.3 Å². The molecule has 0 aromatic heterocycles. The number of carbonyl (C=O) groups excluding carboxylic acids is 1. The van der Waals surface area contributed by atoms with Crippen LogP contribution in [0.5, 0.6) is 0 Å². The fourth-order valence-electron chi connectivity index (χ4n) is 0.980. The molecule has 0 heterocycles. The van der Waals surface area contributed by atoms with Crippen molar-refractivity contribution in [3.05, 3.63) is 0 Å². The van der Waals surface area contributed by atoms with Gasteiger partial charge in [0.2, 0.25) is 0 Å². The van der Waals surface area contributed by atoms with Crippen molar-refractivity contribution in [2.24, 2.45) is 28.1 Å². The van der Waals surface area contributed by atoms with Crippen molar-refractivity contribution in [3.63, 3.8) is 0 Å². The normalized spacial score (nSPS) is 13.4. The lowest BCUT2D eigenvalue weighted by molar-refractivity contribution is -0.148. The number of halogens is 1. The molecule has 18 heavy (non-hydrogen) atoms. The van der Waals surface area contributed by atoms with Crippen LogP contribution in [0.4, 0.5) is 0 Å². The minimum Gasteiger partial charge on any atom is -0.450 e. The predicted octanol–water partition coefficient (Wildman–Crippen LogP) is 0.244. The van der Waals surface area contributed by atoms with Gasteiger partial charge in [-0.3, -0.25) is 9.79 Å². The molecule has 0 aliphatic carbocycles. The number of rotatable bonds is 7. The van der Waals surface area contributed by atoms with E-state index in [1.807, 2.05) is 13.8 Å². The Labute approximate surface area is 120 Å². The maximum Gasteiger partial charge on any atom is 0.324 e. The Hall–Kier alpha value is -0.660. The molecule has 0 saturated carbocycles. The summed E-state index contributed by atoms with van der Waals surface area (Å²) in [7, 11) is 0. The van der Waals surface area contributed by atoms with Gasteiger partial charge in [0.05, 0.1) is 0 Å². The van der Waals surface area contributed by atoms with Gasteiger partial charge in [0, 0.05) is 6.54 Å². The average molecular weight is 299 g/mol. The van der Waals surface area contributed by atoms with Crippen LogP contribution in [0.25, 0.3) is 0 Å². The Kier molecular flexibility index (Phi) is 11.2. The number of guanidine groups is 1. The van der Waals surface area contributed by atoms with Crippen molar-refractivity contribution in [2.75, 3.05) is 6.54 Å². The van der Waals surface area contributed by atoms with Crippen LogP contribution in [0.1, 0.15) is 26.7 Å². The lowest BCUT2D eigenvalue weighted by Gasteiger charge is -2.18. The summed E-state index contributed by atoms with van der Waals surface area (Å²) in [6.07, 6.45) is 1.11. The van der Waals surface area contributed by atoms with Gasteiger partial charge in [0.15, 0.2) is 5.96 Å². The van der Waals surface area contributed by atoms with Crippen molar-refractivity contribution in [1.29, 1.82) is 0 Å². The molecule has 0 aromatic rings. The SMILES string of the molecule is CC(C)C(S)OC(=O)C(N)CCCN=C(N)N.Cl. The molecule has 108 valence electrons. The third-order valence-electron chi connectivity index (χ3n) is 2.08. The zero-order chi connectivity index (χ0) is 13.4. The molecule has 6 nitrogen and oxygen atoms in total. The first kappa shape index (κ1) is 19.7. The Morgan fingerprint density at radius 1 is 1.39 bits per heavy atom. The van der Waals surface area contributed by atoms with Crippen molar-refractivity contribution >= 4 is 37.0 Å². The molecule has 0 radical (unpaired) electrons. The average Bonchev–Trinajstić information content (AvgIpc) is 2.23. The molecule has 6 N–H and O–H groups in total. The Bertz CT molecular complexity index is 273. The number of hydrogen-bond donors (Lipinski definition) is 4. The fourth-order valence-corrected chi connectivity index (χ4v) is 1.08. The highest BCUT2D eigenvalue weighted by Gasteiger charge is 2.19. The molecule has 0 spiro atoms. The van der Waals surface area contributed by atoms with Crippen molar-refractivity contribution < 1.29 is 9.53 Å². The van der Waals surface area contributed by atoms with Crippen LogP contribution >= 0.6 is 25.0 Å². The summed E-state index contributed by atoms with van der Waals surface area (Å²) in [6.45, 7) is 4.28. The number of ether oxygens (including phenoxy) is 1. The molecule has 0 bridgehead atoms. The summed E-state index contributed by atoms with van der Waals surface area (Å²) in [5.74, 6) is -0.254. The topological polar surface area (TPSA) is 117 Å². The van der Waals surface area contributed by atoms with Gasteiger partial charge in [-0.05, 0) is 18.8 Å². The van der Waals surface area contributed by atoms with Crippen LogP contribution in [0.2, 0.25) is 0 Å². The molecule has 2 unspecified atom stereocenters. The first-order valence-corrected chi connectivity index (χ1v) is 6.05. The molecule has 2 atom stereocenters. The second-order valence-electron chi connectivity index (χ2n) is 4.13. The van der Waals surface area contributed by atoms with E-state index in [4.69, 9.17) is 21.9 Å². The molecule has 0 saturated heterocycles. The van der Waals surface area contributed by atoms with E-state index >= 15 is 0 Å². The summed E-state index contributed by atoms with van der Waals surface area (Å²) in [4.78, 5) is 15.3. The molecular formula is C10H23ClN4O2S. The number of thiol groups is 1. The van der Waals surface area contributed by atoms with E-state index < -0.39 is 17.4 Å². The third-order valence-corrected chi connectivity index (χ3v) is 2.78. The van der Waals surface area contributed by atoms with E-state index in [1.54, 1.807) is 0 Å². The fraction of sp³-hybridized carbons (Fsp3) is 0.800. The summed E-state index contributed by atoms with van der Waals surface area (Å²) < 4.78 is 5.07. The quantitative estimate of drug-likeness (QED) is 0.134. The Morgan fingerprint density at radius 3 is 2.39 bits per heavy atom. The lowest BCUT2D eigenvalue weighted by Crippen LogP contribution is -2.35. The standard InChI is InChI=1S/C10H22N4O2S.ClH/c1-6(2)9(17)16-8(15)7(11)4-3-5-14-10(12)13;/h6-7,9,17H,3-5,11H2,1-2H3,(H4,12,13,14);1H. The minimum atomic E-state index is -0.655. The number of aliphatic imine (C=N–C) groups is 1. The summed E-state index contributed by atoms with van der Waals surface area (Å²) in [6, 6.07) is -0.655. The predicted molar refractivity (Wildman–Crippen MR) is 78.8 cm³/mol. The molecule has 0 aliphatic rings. The second-order valence-corrected chi connectivity index (χ2v) is 4.64. The van der Waals surface area contributed by atoms with Gasteiger partial charge in [-0.25, -0.2) is 0 Å². The van der Waals surface area contributed by atoms with Crippen LogP contribution in [0.3, 0.4) is 0 Å². The second kappa shape index (κ2) is 10.3. The van der Waals surface area contributed by atoms with Crippen LogP contribution < -0.4 is 17.2 Å². The highest BCUT2D eigenvalue weighted by atomic mass is 35.5. The molecule has 0 rings (SSSR count). The zero-order valence-corrected chi connectivity index (χ0v) is 12.4. The molecular weight excluding hydrogens is 276 g/mol. The van der Waals surface area contributed by atoms with Crippen LogP contribution in [0.15, 0.2) is 4.99 Å². The third kappa shape index (κ3) is 9.38. The van der Waals surface area contributed by atoms with E-state index in [0.717, 1.165) is 0 Å². The first-order chi connectivity index (χ1) is 7.84. The highest BCUT2D eigenvalue weighted by Crippen LogP contribution is 2.11. The number of carbonyl (C=O) groups is 1. The summed E-state index contributed by atoms with van der Waals surface area (Å²) >= 11 is 4.14. The molecule has 0 amide bonds. The molecule has 0 aromatic carbocycles. The summed E-state index contributed by atoms with van der Waals surface area (Å²) in [5, 5.41) is 0. The van der Waals surface area contributed by atoms with Crippen molar-refractivity contribution in [3.8, 4) is 0 Å². The van der Waals surface area contributed by atoms with Crippen molar-refractivity contribution in [1.82, 2.24) is 0 Å². The van der Waals surface area contributed by atoms with Gasteiger partial charge in [0.1, 0.15) is 11.5 Å². The van der Waals surface area contributed by atoms with Crippen LogP contribution in [-0.4, -0.2) is 30.0 Å². The van der Waals surface area contributed by atoms with E-state index in [2.05, 4.69) is 17.6 Å².